The molecule has 0 aliphatic carbocycles. The number of rotatable bonds is 4. The number of morpholine rings is 1. The molecule has 0 amide bonds. The fourth-order valence-electron chi connectivity index (χ4n) is 2.50. The van der Waals surface area contributed by atoms with Crippen LogP contribution >= 0.6 is 0 Å². The summed E-state index contributed by atoms with van der Waals surface area (Å²) in [5.41, 5.74) is 7.59. The molecule has 1 aromatic rings. The normalized spacial score (nSPS) is 22.7. The fraction of sp³-hybridized carbons (Fsp3) is 0.571. The summed E-state index contributed by atoms with van der Waals surface area (Å²) in [6.07, 6.45) is -0.167. The van der Waals surface area contributed by atoms with Gasteiger partial charge >= 0.3 is 0 Å². The summed E-state index contributed by atoms with van der Waals surface area (Å²) in [7, 11) is 3.17. The second kappa shape index (κ2) is 6.19. The Bertz CT molecular complexity index is 467. The van der Waals surface area contributed by atoms with Crippen LogP contribution in [0.5, 0.6) is 11.5 Å². The van der Waals surface area contributed by atoms with E-state index in [0.29, 0.717) is 23.7 Å². The fourth-order valence-corrected chi connectivity index (χ4v) is 2.50. The molecule has 0 saturated carbocycles. The van der Waals surface area contributed by atoms with Crippen molar-refractivity contribution in [2.75, 3.05) is 44.5 Å². The molecular formula is C14H22N2O4. The van der Waals surface area contributed by atoms with Crippen molar-refractivity contribution >= 4 is 11.4 Å². The molecule has 1 fully saturated rings. The minimum Gasteiger partial charge on any atom is -0.493 e. The Morgan fingerprint density at radius 3 is 2.55 bits per heavy atom. The number of aliphatic hydroxyl groups is 1. The van der Waals surface area contributed by atoms with Gasteiger partial charge in [-0.15, -0.1) is 0 Å². The highest BCUT2D eigenvalue weighted by Crippen LogP contribution is 2.37. The SMILES string of the molecule is COc1cc(N)c(N2CC(C)OC(CO)C2)cc1OC. The molecule has 0 spiro atoms. The van der Waals surface area contributed by atoms with E-state index in [9.17, 15) is 5.11 Å². The number of nitrogens with two attached hydrogens (primary N) is 1. The molecule has 6 heteroatoms. The summed E-state index contributed by atoms with van der Waals surface area (Å²) < 4.78 is 16.2. The maximum absolute atomic E-state index is 9.30. The van der Waals surface area contributed by atoms with E-state index in [1.165, 1.54) is 0 Å². The lowest BCUT2D eigenvalue weighted by Gasteiger charge is -2.38. The van der Waals surface area contributed by atoms with Crippen LogP contribution in [0.2, 0.25) is 0 Å². The molecule has 0 aromatic heterocycles. The number of anilines is 2. The minimum absolute atomic E-state index is 0.00592. The van der Waals surface area contributed by atoms with Crippen molar-refractivity contribution in [3.8, 4) is 11.5 Å². The van der Waals surface area contributed by atoms with Gasteiger partial charge in [0.05, 0.1) is 44.4 Å². The molecular weight excluding hydrogens is 260 g/mol. The molecule has 3 N–H and O–H groups in total. The van der Waals surface area contributed by atoms with Crippen molar-refractivity contribution in [1.82, 2.24) is 0 Å². The number of aliphatic hydroxyl groups excluding tert-OH is 1. The number of methoxy groups -OCH3 is 2. The van der Waals surface area contributed by atoms with E-state index in [1.54, 1.807) is 20.3 Å². The molecule has 1 heterocycles. The quantitative estimate of drug-likeness (QED) is 0.798. The van der Waals surface area contributed by atoms with Gasteiger partial charge in [0.15, 0.2) is 11.5 Å². The minimum atomic E-state index is -0.203. The number of hydrogen-bond acceptors (Lipinski definition) is 6. The van der Waals surface area contributed by atoms with Gasteiger partial charge in [0.1, 0.15) is 0 Å². The van der Waals surface area contributed by atoms with Crippen LogP contribution in [-0.2, 0) is 4.74 Å². The van der Waals surface area contributed by atoms with Gasteiger partial charge in [0.2, 0.25) is 0 Å². The standard InChI is InChI=1S/C14H22N2O4/c1-9-6-16(7-10(8-17)20-9)12-5-14(19-3)13(18-2)4-11(12)15/h4-5,9-10,17H,6-8,15H2,1-3H3. The summed E-state index contributed by atoms with van der Waals surface area (Å²) in [5.74, 6) is 1.24. The van der Waals surface area contributed by atoms with Crippen molar-refractivity contribution in [2.24, 2.45) is 0 Å². The maximum atomic E-state index is 9.30. The highest BCUT2D eigenvalue weighted by Gasteiger charge is 2.26. The second-order valence-corrected chi connectivity index (χ2v) is 4.92. The van der Waals surface area contributed by atoms with Gasteiger partial charge in [0, 0.05) is 25.2 Å². The molecule has 0 radical (unpaired) electrons. The highest BCUT2D eigenvalue weighted by atomic mass is 16.5. The van der Waals surface area contributed by atoms with Crippen LogP contribution < -0.4 is 20.1 Å². The Labute approximate surface area is 119 Å². The summed E-state index contributed by atoms with van der Waals surface area (Å²) in [6.45, 7) is 3.29. The number of benzene rings is 1. The van der Waals surface area contributed by atoms with E-state index in [1.807, 2.05) is 13.0 Å². The molecule has 6 nitrogen and oxygen atoms in total. The molecule has 1 aliphatic rings. The van der Waals surface area contributed by atoms with Crippen LogP contribution in [0.3, 0.4) is 0 Å². The monoisotopic (exact) mass is 282 g/mol. The summed E-state index contributed by atoms with van der Waals surface area (Å²) >= 11 is 0. The van der Waals surface area contributed by atoms with E-state index in [-0.39, 0.29) is 18.8 Å². The Hall–Kier alpha value is -1.66. The lowest BCUT2D eigenvalue weighted by atomic mass is 10.1. The van der Waals surface area contributed by atoms with Crippen molar-refractivity contribution in [2.45, 2.75) is 19.1 Å². The summed E-state index contributed by atoms with van der Waals surface area (Å²) in [4.78, 5) is 2.10. The third kappa shape index (κ3) is 2.91. The molecule has 1 aliphatic heterocycles. The third-order valence-electron chi connectivity index (χ3n) is 3.40. The molecule has 112 valence electrons. The first-order valence-corrected chi connectivity index (χ1v) is 6.61. The maximum Gasteiger partial charge on any atom is 0.162 e. The molecule has 1 aromatic carbocycles. The van der Waals surface area contributed by atoms with Crippen molar-refractivity contribution in [3.05, 3.63) is 12.1 Å². The summed E-state index contributed by atoms with van der Waals surface area (Å²) in [6, 6.07) is 3.61. The van der Waals surface area contributed by atoms with Crippen LogP contribution in [0.25, 0.3) is 0 Å². The van der Waals surface area contributed by atoms with E-state index in [4.69, 9.17) is 19.9 Å². The second-order valence-electron chi connectivity index (χ2n) is 4.92. The smallest absolute Gasteiger partial charge is 0.162 e. The first kappa shape index (κ1) is 14.7. The number of nitrogens with zero attached hydrogens (tertiary/aromatic N) is 1. The third-order valence-corrected chi connectivity index (χ3v) is 3.40. The Kier molecular flexibility index (Phi) is 4.57. The predicted octanol–water partition coefficient (Wildman–Crippen LogP) is 0.872. The van der Waals surface area contributed by atoms with Crippen molar-refractivity contribution in [3.63, 3.8) is 0 Å². The van der Waals surface area contributed by atoms with Gasteiger partial charge in [-0.1, -0.05) is 0 Å². The largest absolute Gasteiger partial charge is 0.493 e. The van der Waals surface area contributed by atoms with E-state index in [2.05, 4.69) is 4.90 Å². The Morgan fingerprint density at radius 1 is 1.30 bits per heavy atom. The number of ether oxygens (including phenoxy) is 3. The van der Waals surface area contributed by atoms with Crippen LogP contribution in [0.15, 0.2) is 12.1 Å². The Balaban J connectivity index is 2.31. The predicted molar refractivity (Wildman–Crippen MR) is 77.6 cm³/mol. The van der Waals surface area contributed by atoms with Gasteiger partial charge in [0.25, 0.3) is 0 Å². The Morgan fingerprint density at radius 2 is 1.95 bits per heavy atom. The molecule has 2 atom stereocenters. The van der Waals surface area contributed by atoms with Gasteiger partial charge in [-0.2, -0.15) is 0 Å². The number of nitrogen functional groups attached to an aromatic ring is 1. The zero-order chi connectivity index (χ0) is 14.7. The molecule has 2 rings (SSSR count). The lowest BCUT2D eigenvalue weighted by molar-refractivity contribution is -0.0420. The van der Waals surface area contributed by atoms with Gasteiger partial charge in [-0.25, -0.2) is 0 Å². The first-order valence-electron chi connectivity index (χ1n) is 6.61. The zero-order valence-corrected chi connectivity index (χ0v) is 12.1. The van der Waals surface area contributed by atoms with Crippen LogP contribution in [0, 0.1) is 0 Å². The van der Waals surface area contributed by atoms with Crippen LogP contribution in [0.1, 0.15) is 6.92 Å². The van der Waals surface area contributed by atoms with Crippen LogP contribution in [-0.4, -0.2) is 51.2 Å². The summed E-state index contributed by atoms with van der Waals surface area (Å²) in [5, 5.41) is 9.30. The average molecular weight is 282 g/mol. The van der Waals surface area contributed by atoms with E-state index < -0.39 is 0 Å². The van der Waals surface area contributed by atoms with Crippen LogP contribution in [0.4, 0.5) is 11.4 Å². The highest BCUT2D eigenvalue weighted by molar-refractivity contribution is 5.73. The molecule has 2 unspecified atom stereocenters. The van der Waals surface area contributed by atoms with E-state index in [0.717, 1.165) is 12.2 Å². The average Bonchev–Trinajstić information content (AvgIpc) is 2.46. The van der Waals surface area contributed by atoms with Gasteiger partial charge < -0.3 is 30.0 Å². The van der Waals surface area contributed by atoms with Gasteiger partial charge in [-0.3, -0.25) is 0 Å². The number of hydrogen-bond donors (Lipinski definition) is 2. The zero-order valence-electron chi connectivity index (χ0n) is 12.1. The van der Waals surface area contributed by atoms with Crippen molar-refractivity contribution < 1.29 is 19.3 Å². The van der Waals surface area contributed by atoms with Gasteiger partial charge in [-0.05, 0) is 6.92 Å². The molecule has 1 saturated heterocycles. The lowest BCUT2D eigenvalue weighted by Crippen LogP contribution is -2.48. The van der Waals surface area contributed by atoms with Crippen molar-refractivity contribution in [1.29, 1.82) is 0 Å². The molecule has 20 heavy (non-hydrogen) atoms. The molecule has 0 bridgehead atoms. The topological polar surface area (TPSA) is 77.2 Å². The van der Waals surface area contributed by atoms with E-state index >= 15 is 0 Å². The first-order chi connectivity index (χ1) is 9.58.